The molecule has 1 aliphatic heterocycles. The molecule has 6 rings (SSSR count). The highest BCUT2D eigenvalue weighted by atomic mass is 79.9. The van der Waals surface area contributed by atoms with Crippen LogP contribution in [-0.2, 0) is 19.5 Å². The van der Waals surface area contributed by atoms with Crippen molar-refractivity contribution in [2.45, 2.75) is 19.5 Å². The zero-order chi connectivity index (χ0) is 23.1. The number of rotatable bonds is 5. The van der Waals surface area contributed by atoms with E-state index in [-0.39, 0.29) is 5.91 Å². The van der Waals surface area contributed by atoms with Gasteiger partial charge in [-0.15, -0.1) is 34.0 Å². The van der Waals surface area contributed by atoms with Crippen molar-refractivity contribution < 1.29 is 4.79 Å². The van der Waals surface area contributed by atoms with E-state index in [0.717, 1.165) is 50.9 Å². The van der Waals surface area contributed by atoms with Crippen molar-refractivity contribution >= 4 is 71.1 Å². The van der Waals surface area contributed by atoms with Crippen LogP contribution in [0.2, 0.25) is 0 Å². The number of fused-ring (bicyclic) bond motifs is 2. The smallest absolute Gasteiger partial charge is 0.266 e. The highest BCUT2D eigenvalue weighted by Crippen LogP contribution is 2.46. The number of amides is 1. The third kappa shape index (κ3) is 4.36. The summed E-state index contributed by atoms with van der Waals surface area (Å²) in [6, 6.07) is 22.6. The van der Waals surface area contributed by atoms with E-state index < -0.39 is 0 Å². The van der Waals surface area contributed by atoms with Gasteiger partial charge in [0.25, 0.3) is 5.91 Å². The van der Waals surface area contributed by atoms with Gasteiger partial charge in [-0.25, -0.2) is 4.98 Å². The predicted octanol–water partition coefficient (Wildman–Crippen LogP) is 7.66. The summed E-state index contributed by atoms with van der Waals surface area (Å²) in [7, 11) is 0. The van der Waals surface area contributed by atoms with Crippen LogP contribution in [0.1, 0.15) is 25.7 Å². The fraction of sp³-hybridized carbons (Fsp3) is 0.154. The first-order valence-corrected chi connectivity index (χ1v) is 14.2. The molecule has 1 aliphatic rings. The lowest BCUT2D eigenvalue weighted by atomic mass is 10.0. The molecule has 170 valence electrons. The van der Waals surface area contributed by atoms with Crippen molar-refractivity contribution in [3.8, 4) is 10.6 Å². The van der Waals surface area contributed by atoms with Crippen molar-refractivity contribution in [3.05, 3.63) is 91.4 Å². The quantitative estimate of drug-likeness (QED) is 0.238. The van der Waals surface area contributed by atoms with Crippen LogP contribution in [0.3, 0.4) is 0 Å². The molecule has 3 aromatic heterocycles. The lowest BCUT2D eigenvalue weighted by molar-refractivity contribution is 0.103. The average Bonchev–Trinajstić information content (AvgIpc) is 3.55. The van der Waals surface area contributed by atoms with Gasteiger partial charge in [0, 0.05) is 30.1 Å². The second-order valence-corrected chi connectivity index (χ2v) is 12.8. The second kappa shape index (κ2) is 9.36. The molecule has 1 N–H and O–H groups in total. The summed E-state index contributed by atoms with van der Waals surface area (Å²) in [5.41, 5.74) is 4.76. The van der Waals surface area contributed by atoms with Crippen molar-refractivity contribution in [2.24, 2.45) is 0 Å². The van der Waals surface area contributed by atoms with E-state index in [9.17, 15) is 4.79 Å². The Kier molecular flexibility index (Phi) is 6.09. The Morgan fingerprint density at radius 2 is 1.82 bits per heavy atom. The van der Waals surface area contributed by atoms with E-state index in [1.807, 2.05) is 24.3 Å². The first-order valence-electron chi connectivity index (χ1n) is 11.0. The topological polar surface area (TPSA) is 45.2 Å². The molecule has 0 radical (unpaired) electrons. The molecule has 8 heteroatoms. The molecule has 0 saturated carbocycles. The molecule has 4 nitrogen and oxygen atoms in total. The highest BCUT2D eigenvalue weighted by Gasteiger charge is 2.28. The number of carbonyl (C=O) groups excluding carboxylic acids is 1. The molecular formula is C26H20BrN3OS3. The molecule has 0 atom stereocenters. The van der Waals surface area contributed by atoms with Crippen LogP contribution < -0.4 is 5.32 Å². The molecule has 0 spiro atoms. The normalized spacial score (nSPS) is 13.8. The fourth-order valence-electron chi connectivity index (χ4n) is 4.33. The number of carbonyl (C=O) groups is 1. The van der Waals surface area contributed by atoms with Gasteiger partial charge in [-0.3, -0.25) is 9.69 Å². The Labute approximate surface area is 218 Å². The SMILES string of the molecule is O=C(Nc1sc2c(c1-c1nc3ccccc3s1)CCN(Cc1ccccc1)C2)c1ccc(Br)s1. The fourth-order valence-corrected chi connectivity index (χ4v) is 8.00. The molecule has 0 bridgehead atoms. The second-order valence-electron chi connectivity index (χ2n) is 8.20. The Balaban J connectivity index is 1.37. The van der Waals surface area contributed by atoms with E-state index in [1.165, 1.54) is 32.0 Å². The number of hydrogen-bond acceptors (Lipinski definition) is 6. The van der Waals surface area contributed by atoms with Gasteiger partial charge in [0.15, 0.2) is 0 Å². The summed E-state index contributed by atoms with van der Waals surface area (Å²) in [4.78, 5) is 22.5. The lowest BCUT2D eigenvalue weighted by Crippen LogP contribution is -2.29. The summed E-state index contributed by atoms with van der Waals surface area (Å²) in [5, 5.41) is 5.11. The summed E-state index contributed by atoms with van der Waals surface area (Å²) >= 11 is 8.30. The molecule has 4 heterocycles. The Morgan fingerprint density at radius 1 is 1.00 bits per heavy atom. The first kappa shape index (κ1) is 22.1. The number of hydrogen-bond donors (Lipinski definition) is 1. The Hall–Kier alpha value is -2.36. The molecule has 0 saturated heterocycles. The van der Waals surface area contributed by atoms with Gasteiger partial charge in [-0.2, -0.15) is 0 Å². The Bertz CT molecular complexity index is 1450. The van der Waals surface area contributed by atoms with Crippen LogP contribution >= 0.6 is 49.9 Å². The number of nitrogens with one attached hydrogen (secondary N) is 1. The molecule has 0 aliphatic carbocycles. The minimum absolute atomic E-state index is 0.0715. The maximum atomic E-state index is 13.1. The van der Waals surface area contributed by atoms with Gasteiger partial charge >= 0.3 is 0 Å². The van der Waals surface area contributed by atoms with Crippen LogP contribution in [0.5, 0.6) is 0 Å². The van der Waals surface area contributed by atoms with Gasteiger partial charge in [0.2, 0.25) is 0 Å². The number of thiophene rings is 2. The monoisotopic (exact) mass is 565 g/mol. The minimum Gasteiger partial charge on any atom is -0.312 e. The lowest BCUT2D eigenvalue weighted by Gasteiger charge is -2.27. The number of benzene rings is 2. The summed E-state index contributed by atoms with van der Waals surface area (Å²) < 4.78 is 2.12. The number of anilines is 1. The van der Waals surface area contributed by atoms with E-state index in [2.05, 4.69) is 68.6 Å². The van der Waals surface area contributed by atoms with Gasteiger partial charge < -0.3 is 5.32 Å². The largest absolute Gasteiger partial charge is 0.312 e. The van der Waals surface area contributed by atoms with E-state index in [4.69, 9.17) is 4.98 Å². The molecule has 2 aromatic carbocycles. The van der Waals surface area contributed by atoms with Crippen LogP contribution in [0.15, 0.2) is 70.5 Å². The van der Waals surface area contributed by atoms with Crippen LogP contribution in [0.25, 0.3) is 20.8 Å². The van der Waals surface area contributed by atoms with E-state index >= 15 is 0 Å². The summed E-state index contributed by atoms with van der Waals surface area (Å²) in [6.45, 7) is 2.80. The first-order chi connectivity index (χ1) is 16.6. The highest BCUT2D eigenvalue weighted by molar-refractivity contribution is 9.11. The number of aromatic nitrogens is 1. The summed E-state index contributed by atoms with van der Waals surface area (Å²) in [6.07, 6.45) is 0.949. The van der Waals surface area contributed by atoms with Crippen molar-refractivity contribution in [3.63, 3.8) is 0 Å². The third-order valence-corrected chi connectivity index (χ3v) is 9.73. The molecule has 0 unspecified atom stereocenters. The maximum Gasteiger partial charge on any atom is 0.266 e. The number of halogens is 1. The number of nitrogens with zero attached hydrogens (tertiary/aromatic N) is 2. The molecule has 34 heavy (non-hydrogen) atoms. The van der Waals surface area contributed by atoms with Gasteiger partial charge in [-0.1, -0.05) is 42.5 Å². The van der Waals surface area contributed by atoms with Crippen molar-refractivity contribution in [1.29, 1.82) is 0 Å². The zero-order valence-electron chi connectivity index (χ0n) is 18.1. The van der Waals surface area contributed by atoms with Crippen molar-refractivity contribution in [1.82, 2.24) is 9.88 Å². The summed E-state index contributed by atoms with van der Waals surface area (Å²) in [5.74, 6) is -0.0715. The molecule has 5 aromatic rings. The van der Waals surface area contributed by atoms with Gasteiger partial charge in [0.05, 0.1) is 18.9 Å². The molecule has 0 fully saturated rings. The maximum absolute atomic E-state index is 13.1. The van der Waals surface area contributed by atoms with E-state index in [0.29, 0.717) is 4.88 Å². The van der Waals surface area contributed by atoms with Crippen molar-refractivity contribution in [2.75, 3.05) is 11.9 Å². The van der Waals surface area contributed by atoms with Gasteiger partial charge in [-0.05, 0) is 57.7 Å². The van der Waals surface area contributed by atoms with Crippen LogP contribution in [-0.4, -0.2) is 22.3 Å². The number of para-hydroxylation sites is 1. The minimum atomic E-state index is -0.0715. The number of thiazole rings is 1. The van der Waals surface area contributed by atoms with E-state index in [1.54, 1.807) is 22.7 Å². The molecule has 1 amide bonds. The zero-order valence-corrected chi connectivity index (χ0v) is 22.1. The molecular weight excluding hydrogens is 546 g/mol. The van der Waals surface area contributed by atoms with Crippen LogP contribution in [0.4, 0.5) is 5.00 Å². The van der Waals surface area contributed by atoms with Gasteiger partial charge in [0.1, 0.15) is 10.0 Å². The Morgan fingerprint density at radius 3 is 2.62 bits per heavy atom. The average molecular weight is 567 g/mol. The third-order valence-electron chi connectivity index (χ3n) is 5.92. The van der Waals surface area contributed by atoms with Crippen LogP contribution in [0, 0.1) is 0 Å². The standard InChI is InChI=1S/C26H20BrN3OS3/c27-22-11-10-20(32-22)24(31)29-26-23(25-28-18-8-4-5-9-19(18)33-25)17-12-13-30(15-21(17)34-26)14-16-6-2-1-3-7-16/h1-11H,12-15H2,(H,29,31). The predicted molar refractivity (Wildman–Crippen MR) is 147 cm³/mol.